The number of imide groups is 1. The molecule has 4 nitrogen and oxygen atoms in total. The fourth-order valence-corrected chi connectivity index (χ4v) is 3.66. The van der Waals surface area contributed by atoms with Crippen LogP contribution < -0.4 is 10.2 Å². The van der Waals surface area contributed by atoms with Crippen LogP contribution in [0.15, 0.2) is 78.5 Å². The molecule has 0 saturated heterocycles. The number of nitrogens with zero attached hydrogens (tertiary/aromatic N) is 1. The Morgan fingerprint density at radius 1 is 0.812 bits per heavy atom. The fraction of sp³-hybridized carbons (Fsp3) is 0.120. The number of alkyl halides is 3. The Hall–Kier alpha value is -3.87. The smallest absolute Gasteiger partial charge is 0.350 e. The molecule has 0 fully saturated rings. The topological polar surface area (TPSA) is 49.4 Å². The second-order valence-electron chi connectivity index (χ2n) is 7.55. The summed E-state index contributed by atoms with van der Waals surface area (Å²) in [6.45, 7) is 3.80. The maximum absolute atomic E-state index is 13.3. The van der Waals surface area contributed by atoms with E-state index in [1.54, 1.807) is 36.4 Å². The van der Waals surface area contributed by atoms with Gasteiger partial charge in [-0.1, -0.05) is 54.1 Å². The fourth-order valence-electron chi connectivity index (χ4n) is 3.66. The molecule has 4 rings (SSSR count). The van der Waals surface area contributed by atoms with Gasteiger partial charge in [0.1, 0.15) is 5.70 Å². The number of benzene rings is 3. The standard InChI is InChI=1S/C25H19F3N2O2/c1-15-11-12-20(16(2)13-15)29-22-21(17-7-4-3-5-8-17)23(31)30(24(22)32)19-10-6-9-18(14-19)25(26,27)28/h3-14,29H,1-2H3. The lowest BCUT2D eigenvalue weighted by molar-refractivity contribution is -0.137. The Bertz CT molecular complexity index is 1250. The lowest BCUT2D eigenvalue weighted by atomic mass is 10.0. The first-order valence-corrected chi connectivity index (χ1v) is 9.87. The Kier molecular flexibility index (Phi) is 5.34. The molecule has 1 heterocycles. The van der Waals surface area contributed by atoms with Crippen LogP contribution in [0, 0.1) is 13.8 Å². The number of carbonyl (C=O) groups excluding carboxylic acids is 2. The monoisotopic (exact) mass is 436 g/mol. The first-order valence-electron chi connectivity index (χ1n) is 9.87. The molecule has 0 spiro atoms. The molecule has 0 aromatic heterocycles. The Labute approximate surface area is 183 Å². The molecule has 0 atom stereocenters. The molecule has 3 aromatic rings. The van der Waals surface area contributed by atoms with Gasteiger partial charge in [0.05, 0.1) is 16.8 Å². The summed E-state index contributed by atoms with van der Waals surface area (Å²) in [5.74, 6) is -1.40. The molecule has 2 amide bonds. The van der Waals surface area contributed by atoms with Crippen molar-refractivity contribution in [2.45, 2.75) is 20.0 Å². The van der Waals surface area contributed by atoms with Crippen LogP contribution >= 0.6 is 0 Å². The molecule has 3 aromatic carbocycles. The zero-order chi connectivity index (χ0) is 23.0. The van der Waals surface area contributed by atoms with Crippen molar-refractivity contribution in [2.75, 3.05) is 10.2 Å². The summed E-state index contributed by atoms with van der Waals surface area (Å²) in [4.78, 5) is 27.5. The molecule has 7 heteroatoms. The van der Waals surface area contributed by atoms with Gasteiger partial charge in [-0.3, -0.25) is 9.59 Å². The number of hydrogen-bond donors (Lipinski definition) is 1. The Morgan fingerprint density at radius 3 is 2.19 bits per heavy atom. The second-order valence-corrected chi connectivity index (χ2v) is 7.55. The normalized spacial score (nSPS) is 14.3. The van der Waals surface area contributed by atoms with Crippen molar-refractivity contribution in [1.29, 1.82) is 0 Å². The minimum atomic E-state index is -4.60. The minimum absolute atomic E-state index is 0.0190. The molecule has 0 bridgehead atoms. The van der Waals surface area contributed by atoms with E-state index in [-0.39, 0.29) is 17.0 Å². The molecule has 0 unspecified atom stereocenters. The third kappa shape index (κ3) is 3.89. The minimum Gasteiger partial charge on any atom is -0.350 e. The van der Waals surface area contributed by atoms with Gasteiger partial charge in [0.25, 0.3) is 11.8 Å². The number of aryl methyl sites for hydroxylation is 2. The second kappa shape index (κ2) is 8.00. The highest BCUT2D eigenvalue weighted by atomic mass is 19.4. The van der Waals surface area contributed by atoms with Crippen molar-refractivity contribution >= 4 is 28.8 Å². The summed E-state index contributed by atoms with van der Waals surface area (Å²) in [6, 6.07) is 18.4. The van der Waals surface area contributed by atoms with Crippen LogP contribution in [0.1, 0.15) is 22.3 Å². The lowest BCUT2D eigenvalue weighted by Crippen LogP contribution is -2.32. The quantitative estimate of drug-likeness (QED) is 0.533. The van der Waals surface area contributed by atoms with E-state index in [1.165, 1.54) is 12.1 Å². The van der Waals surface area contributed by atoms with Crippen molar-refractivity contribution in [2.24, 2.45) is 0 Å². The number of carbonyl (C=O) groups is 2. The van der Waals surface area contributed by atoms with Gasteiger partial charge in [0, 0.05) is 5.69 Å². The zero-order valence-corrected chi connectivity index (χ0v) is 17.3. The van der Waals surface area contributed by atoms with Crippen molar-refractivity contribution < 1.29 is 22.8 Å². The first-order chi connectivity index (χ1) is 15.2. The van der Waals surface area contributed by atoms with Crippen molar-refractivity contribution in [3.05, 3.63) is 101 Å². The number of amides is 2. The third-order valence-electron chi connectivity index (χ3n) is 5.22. The van der Waals surface area contributed by atoms with E-state index in [9.17, 15) is 22.8 Å². The van der Waals surface area contributed by atoms with Crippen molar-refractivity contribution in [1.82, 2.24) is 0 Å². The van der Waals surface area contributed by atoms with E-state index in [0.717, 1.165) is 28.2 Å². The summed E-state index contributed by atoms with van der Waals surface area (Å²) >= 11 is 0. The largest absolute Gasteiger partial charge is 0.416 e. The first kappa shape index (κ1) is 21.4. The highest BCUT2D eigenvalue weighted by Crippen LogP contribution is 2.37. The summed E-state index contributed by atoms with van der Waals surface area (Å²) < 4.78 is 39.7. The molecular formula is C25H19F3N2O2. The maximum atomic E-state index is 13.3. The maximum Gasteiger partial charge on any atom is 0.416 e. The molecule has 32 heavy (non-hydrogen) atoms. The molecular weight excluding hydrogens is 417 g/mol. The van der Waals surface area contributed by atoms with E-state index < -0.39 is 23.6 Å². The van der Waals surface area contributed by atoms with Gasteiger partial charge in [-0.2, -0.15) is 13.2 Å². The SMILES string of the molecule is Cc1ccc(NC2=C(c3ccccc3)C(=O)N(c3cccc(C(F)(F)F)c3)C2=O)c(C)c1. The van der Waals surface area contributed by atoms with E-state index in [4.69, 9.17) is 0 Å². The van der Waals surface area contributed by atoms with Gasteiger partial charge < -0.3 is 5.32 Å². The van der Waals surface area contributed by atoms with Crippen LogP contribution in [-0.4, -0.2) is 11.8 Å². The lowest BCUT2D eigenvalue weighted by Gasteiger charge is -2.17. The van der Waals surface area contributed by atoms with Crippen LogP contribution in [0.3, 0.4) is 0 Å². The third-order valence-corrected chi connectivity index (χ3v) is 5.22. The summed E-state index contributed by atoms with van der Waals surface area (Å²) in [6.07, 6.45) is -4.60. The van der Waals surface area contributed by atoms with Gasteiger partial charge in [-0.25, -0.2) is 4.90 Å². The zero-order valence-electron chi connectivity index (χ0n) is 17.3. The molecule has 0 aliphatic carbocycles. The van der Waals surface area contributed by atoms with Crippen LogP contribution in [0.25, 0.3) is 5.57 Å². The molecule has 1 aliphatic rings. The van der Waals surface area contributed by atoms with Crippen molar-refractivity contribution in [3.8, 4) is 0 Å². The Morgan fingerprint density at radius 2 is 1.53 bits per heavy atom. The molecule has 0 saturated carbocycles. The van der Waals surface area contributed by atoms with Crippen LogP contribution in [-0.2, 0) is 15.8 Å². The van der Waals surface area contributed by atoms with Crippen LogP contribution in [0.5, 0.6) is 0 Å². The van der Waals surface area contributed by atoms with E-state index in [2.05, 4.69) is 5.32 Å². The number of anilines is 2. The number of halogens is 3. The van der Waals surface area contributed by atoms with Crippen LogP contribution in [0.2, 0.25) is 0 Å². The van der Waals surface area contributed by atoms with E-state index in [0.29, 0.717) is 11.3 Å². The number of hydrogen-bond acceptors (Lipinski definition) is 3. The summed E-state index contributed by atoms with van der Waals surface area (Å²) in [5, 5.41) is 3.06. The van der Waals surface area contributed by atoms with E-state index in [1.807, 2.05) is 26.0 Å². The average Bonchev–Trinajstić information content (AvgIpc) is 2.99. The predicted octanol–water partition coefficient (Wildman–Crippen LogP) is 5.72. The van der Waals surface area contributed by atoms with Gasteiger partial charge in [0.15, 0.2) is 0 Å². The molecule has 1 N–H and O–H groups in total. The van der Waals surface area contributed by atoms with Crippen LogP contribution in [0.4, 0.5) is 24.5 Å². The number of nitrogens with one attached hydrogen (secondary N) is 1. The molecule has 162 valence electrons. The average molecular weight is 436 g/mol. The van der Waals surface area contributed by atoms with Crippen molar-refractivity contribution in [3.63, 3.8) is 0 Å². The highest BCUT2D eigenvalue weighted by molar-refractivity contribution is 6.46. The Balaban J connectivity index is 1.82. The van der Waals surface area contributed by atoms with Gasteiger partial charge in [-0.05, 0) is 49.2 Å². The van der Waals surface area contributed by atoms with Gasteiger partial charge in [-0.15, -0.1) is 0 Å². The predicted molar refractivity (Wildman–Crippen MR) is 117 cm³/mol. The highest BCUT2D eigenvalue weighted by Gasteiger charge is 2.41. The van der Waals surface area contributed by atoms with Gasteiger partial charge >= 0.3 is 6.18 Å². The molecule has 0 radical (unpaired) electrons. The summed E-state index contributed by atoms with van der Waals surface area (Å²) in [5.41, 5.74) is 2.07. The number of rotatable bonds is 4. The van der Waals surface area contributed by atoms with Gasteiger partial charge in [0.2, 0.25) is 0 Å². The van der Waals surface area contributed by atoms with E-state index >= 15 is 0 Å². The molecule has 1 aliphatic heterocycles. The summed E-state index contributed by atoms with van der Waals surface area (Å²) in [7, 11) is 0.